The van der Waals surface area contributed by atoms with Gasteiger partial charge in [0, 0.05) is 5.92 Å². The molecule has 1 heterocycles. The third-order valence-corrected chi connectivity index (χ3v) is 4.48. The van der Waals surface area contributed by atoms with Gasteiger partial charge in [0.1, 0.15) is 22.6 Å². The number of hydrogen-bond acceptors (Lipinski definition) is 7. The average Bonchev–Trinajstić information content (AvgIpc) is 3.01. The molecule has 162 valence electrons. The van der Waals surface area contributed by atoms with Crippen molar-refractivity contribution in [2.75, 3.05) is 25.8 Å². The molecule has 1 N–H and O–H groups in total. The number of carboxylic acids is 1. The van der Waals surface area contributed by atoms with Crippen LogP contribution in [0.5, 0.6) is 11.5 Å². The maximum absolute atomic E-state index is 12.8. The minimum atomic E-state index is -1.02. The predicted octanol–water partition coefficient (Wildman–Crippen LogP) is 3.53. The van der Waals surface area contributed by atoms with Crippen molar-refractivity contribution in [1.82, 2.24) is 0 Å². The lowest BCUT2D eigenvalue weighted by Gasteiger charge is -2.25. The molecule has 8 heteroatoms. The number of hydrogen-bond donors (Lipinski definition) is 1. The summed E-state index contributed by atoms with van der Waals surface area (Å²) in [5.74, 6) is -0.968. The van der Waals surface area contributed by atoms with Crippen molar-refractivity contribution in [1.29, 1.82) is 0 Å². The summed E-state index contributed by atoms with van der Waals surface area (Å²) in [5, 5.41) is 11.0. The molecule has 1 aromatic carbocycles. The molecule has 0 spiro atoms. The molecule has 1 aromatic rings. The van der Waals surface area contributed by atoms with Crippen LogP contribution in [0, 0.1) is 11.8 Å². The molecule has 0 radical (unpaired) electrons. The SMILES string of the molecule is COc1ccc(N2CC(CC(C)C)C(C(=O)O)O2)c(OC)c1C(=O)OC(C)(C)C. The third kappa shape index (κ3) is 5.32. The van der Waals surface area contributed by atoms with E-state index in [0.717, 1.165) is 0 Å². The number of esters is 1. The average molecular weight is 409 g/mol. The quantitative estimate of drug-likeness (QED) is 0.684. The zero-order chi connectivity index (χ0) is 21.9. The fourth-order valence-corrected chi connectivity index (χ4v) is 3.43. The van der Waals surface area contributed by atoms with Crippen molar-refractivity contribution in [3.8, 4) is 11.5 Å². The van der Waals surface area contributed by atoms with Gasteiger partial charge in [-0.1, -0.05) is 13.8 Å². The first-order valence-electron chi connectivity index (χ1n) is 9.64. The van der Waals surface area contributed by atoms with Gasteiger partial charge >= 0.3 is 11.9 Å². The summed E-state index contributed by atoms with van der Waals surface area (Å²) in [7, 11) is 2.89. The lowest BCUT2D eigenvalue weighted by molar-refractivity contribution is -0.150. The minimum absolute atomic E-state index is 0.130. The lowest BCUT2D eigenvalue weighted by atomic mass is 9.92. The smallest absolute Gasteiger partial charge is 0.346 e. The molecule has 0 aromatic heterocycles. The van der Waals surface area contributed by atoms with E-state index in [2.05, 4.69) is 0 Å². The number of rotatable bonds is 7. The van der Waals surface area contributed by atoms with Gasteiger partial charge in [0.05, 0.1) is 20.8 Å². The van der Waals surface area contributed by atoms with E-state index in [0.29, 0.717) is 30.3 Å². The number of hydroxylamine groups is 1. The van der Waals surface area contributed by atoms with E-state index < -0.39 is 23.6 Å². The number of anilines is 1. The number of carboxylic acid groups (broad SMARTS) is 1. The first-order chi connectivity index (χ1) is 13.5. The topological polar surface area (TPSA) is 94.5 Å². The summed E-state index contributed by atoms with van der Waals surface area (Å²) in [6.45, 7) is 9.75. The highest BCUT2D eigenvalue weighted by Gasteiger charge is 2.41. The summed E-state index contributed by atoms with van der Waals surface area (Å²) in [6.07, 6.45) is -0.264. The summed E-state index contributed by atoms with van der Waals surface area (Å²) >= 11 is 0. The molecule has 29 heavy (non-hydrogen) atoms. The standard InChI is InChI=1S/C21H31NO7/c1-12(2)10-13-11-22(29-17(13)19(23)24)14-8-9-15(26-6)16(18(14)27-7)20(25)28-21(3,4)5/h8-9,12-13,17H,10-11H2,1-7H3,(H,23,24). The number of nitrogens with zero attached hydrogens (tertiary/aromatic N) is 1. The van der Waals surface area contributed by atoms with Crippen molar-refractivity contribution in [2.24, 2.45) is 11.8 Å². The summed E-state index contributed by atoms with van der Waals surface area (Å²) in [6, 6.07) is 3.30. The Labute approximate surface area is 171 Å². The molecule has 0 bridgehead atoms. The van der Waals surface area contributed by atoms with E-state index in [1.54, 1.807) is 32.9 Å². The number of carbonyl (C=O) groups is 2. The van der Waals surface area contributed by atoms with Gasteiger partial charge in [-0.2, -0.15) is 0 Å². The molecule has 0 aliphatic carbocycles. The molecular weight excluding hydrogens is 378 g/mol. The minimum Gasteiger partial charge on any atom is -0.496 e. The Balaban J connectivity index is 2.47. The molecular formula is C21H31NO7. The van der Waals surface area contributed by atoms with E-state index >= 15 is 0 Å². The number of methoxy groups -OCH3 is 2. The summed E-state index contributed by atoms with van der Waals surface area (Å²) < 4.78 is 16.4. The fourth-order valence-electron chi connectivity index (χ4n) is 3.43. The second-order valence-corrected chi connectivity index (χ2v) is 8.51. The largest absolute Gasteiger partial charge is 0.496 e. The Morgan fingerprint density at radius 3 is 2.38 bits per heavy atom. The van der Waals surface area contributed by atoms with Crippen LogP contribution in [0.15, 0.2) is 12.1 Å². The zero-order valence-corrected chi connectivity index (χ0v) is 18.1. The highest BCUT2D eigenvalue weighted by molar-refractivity contribution is 5.98. The number of benzene rings is 1. The van der Waals surface area contributed by atoms with Gasteiger partial charge in [-0.25, -0.2) is 14.7 Å². The van der Waals surface area contributed by atoms with E-state index in [1.165, 1.54) is 19.3 Å². The lowest BCUT2D eigenvalue weighted by Crippen LogP contribution is -2.28. The van der Waals surface area contributed by atoms with Crippen molar-refractivity contribution >= 4 is 17.6 Å². The fraction of sp³-hybridized carbons (Fsp3) is 0.619. The van der Waals surface area contributed by atoms with Crippen molar-refractivity contribution in [3.05, 3.63) is 17.7 Å². The van der Waals surface area contributed by atoms with Gasteiger partial charge in [0.25, 0.3) is 0 Å². The van der Waals surface area contributed by atoms with Crippen molar-refractivity contribution in [3.63, 3.8) is 0 Å². The molecule has 2 rings (SSSR count). The molecule has 0 amide bonds. The molecule has 1 aliphatic rings. The van der Waals surface area contributed by atoms with Gasteiger partial charge in [-0.3, -0.25) is 4.84 Å². The first-order valence-corrected chi connectivity index (χ1v) is 9.64. The van der Waals surface area contributed by atoms with Crippen LogP contribution in [0.25, 0.3) is 0 Å². The maximum Gasteiger partial charge on any atom is 0.346 e. The number of ether oxygens (including phenoxy) is 3. The van der Waals surface area contributed by atoms with Gasteiger partial charge in [-0.05, 0) is 45.2 Å². The molecule has 1 aliphatic heterocycles. The van der Waals surface area contributed by atoms with Crippen LogP contribution in [-0.4, -0.2) is 49.5 Å². The Morgan fingerprint density at radius 2 is 1.90 bits per heavy atom. The normalized spacial score (nSPS) is 19.4. The van der Waals surface area contributed by atoms with Gasteiger partial charge in [0.2, 0.25) is 0 Å². The Bertz CT molecular complexity index is 754. The maximum atomic E-state index is 12.8. The van der Waals surface area contributed by atoms with Crippen LogP contribution in [0.4, 0.5) is 5.69 Å². The monoisotopic (exact) mass is 409 g/mol. The van der Waals surface area contributed by atoms with E-state index in [9.17, 15) is 14.7 Å². The Kier molecular flexibility index (Phi) is 7.00. The first kappa shape index (κ1) is 22.8. The van der Waals surface area contributed by atoms with Gasteiger partial charge < -0.3 is 19.3 Å². The third-order valence-electron chi connectivity index (χ3n) is 4.48. The molecule has 1 fully saturated rings. The summed E-state index contributed by atoms with van der Waals surface area (Å²) in [5.41, 5.74) is -0.124. The predicted molar refractivity (Wildman–Crippen MR) is 108 cm³/mol. The van der Waals surface area contributed by atoms with Crippen molar-refractivity contribution < 1.29 is 33.7 Å². The number of carbonyl (C=O) groups excluding carboxylic acids is 1. The highest BCUT2D eigenvalue weighted by Crippen LogP contribution is 2.42. The second kappa shape index (κ2) is 8.90. The van der Waals surface area contributed by atoms with Crippen LogP contribution < -0.4 is 14.5 Å². The molecule has 0 saturated carbocycles. The second-order valence-electron chi connectivity index (χ2n) is 8.51. The van der Waals surface area contributed by atoms with Crippen LogP contribution in [0.2, 0.25) is 0 Å². The molecule has 2 atom stereocenters. The van der Waals surface area contributed by atoms with Crippen LogP contribution in [-0.2, 0) is 14.4 Å². The molecule has 2 unspecified atom stereocenters. The van der Waals surface area contributed by atoms with Crippen LogP contribution >= 0.6 is 0 Å². The Hall–Kier alpha value is -2.48. The molecule has 8 nitrogen and oxygen atoms in total. The summed E-state index contributed by atoms with van der Waals surface area (Å²) in [4.78, 5) is 30.2. The van der Waals surface area contributed by atoms with Gasteiger partial charge in [-0.15, -0.1) is 0 Å². The number of aliphatic carboxylic acids is 1. The van der Waals surface area contributed by atoms with Crippen LogP contribution in [0.3, 0.4) is 0 Å². The van der Waals surface area contributed by atoms with Gasteiger partial charge in [0.15, 0.2) is 11.9 Å². The zero-order valence-electron chi connectivity index (χ0n) is 18.1. The highest BCUT2D eigenvalue weighted by atomic mass is 16.7. The van der Waals surface area contributed by atoms with E-state index in [-0.39, 0.29) is 17.2 Å². The van der Waals surface area contributed by atoms with Crippen LogP contribution in [0.1, 0.15) is 51.4 Å². The van der Waals surface area contributed by atoms with Crippen molar-refractivity contribution in [2.45, 2.75) is 52.7 Å². The van der Waals surface area contributed by atoms with E-state index in [4.69, 9.17) is 19.0 Å². The molecule has 1 saturated heterocycles. The van der Waals surface area contributed by atoms with E-state index in [1.807, 2.05) is 13.8 Å². The Morgan fingerprint density at radius 1 is 1.24 bits per heavy atom.